The van der Waals surface area contributed by atoms with Gasteiger partial charge in [0.2, 0.25) is 15.9 Å². The highest BCUT2D eigenvalue weighted by Crippen LogP contribution is 2.17. The van der Waals surface area contributed by atoms with E-state index in [1.165, 1.54) is 0 Å². The largest absolute Gasteiger partial charge is 0.372 e. The van der Waals surface area contributed by atoms with Crippen LogP contribution in [0.1, 0.15) is 39.7 Å². The van der Waals surface area contributed by atoms with Crippen LogP contribution in [0.2, 0.25) is 0 Å². The summed E-state index contributed by atoms with van der Waals surface area (Å²) in [5.74, 6) is -0.00283. The third-order valence-corrected chi connectivity index (χ3v) is 5.85. The minimum atomic E-state index is -3.76. The van der Waals surface area contributed by atoms with E-state index in [1.54, 1.807) is 29.2 Å². The van der Waals surface area contributed by atoms with Gasteiger partial charge in [-0.1, -0.05) is 31.5 Å². The van der Waals surface area contributed by atoms with E-state index in [1.807, 2.05) is 34.6 Å². The van der Waals surface area contributed by atoms with Crippen molar-refractivity contribution in [3.63, 3.8) is 0 Å². The van der Waals surface area contributed by atoms with Gasteiger partial charge in [-0.3, -0.25) is 4.79 Å². The zero-order chi connectivity index (χ0) is 19.5. The van der Waals surface area contributed by atoms with Gasteiger partial charge in [0.15, 0.2) is 0 Å². The molecule has 0 radical (unpaired) electrons. The third kappa shape index (κ3) is 5.53. The highest BCUT2D eigenvalue weighted by Gasteiger charge is 2.33. The van der Waals surface area contributed by atoms with E-state index in [4.69, 9.17) is 4.74 Å². The second-order valence-electron chi connectivity index (χ2n) is 7.62. The molecule has 7 heteroatoms. The molecular formula is C19H30N2O4S. The number of sulfonamides is 1. The van der Waals surface area contributed by atoms with Crippen molar-refractivity contribution in [2.75, 3.05) is 13.1 Å². The molecule has 1 amide bonds. The summed E-state index contributed by atoms with van der Waals surface area (Å²) in [6.45, 7) is 10.6. The Bertz CT molecular complexity index is 706. The molecule has 0 unspecified atom stereocenters. The van der Waals surface area contributed by atoms with Gasteiger partial charge in [0, 0.05) is 13.1 Å². The van der Waals surface area contributed by atoms with E-state index in [2.05, 4.69) is 4.72 Å². The normalized spacial score (nSPS) is 22.5. The molecule has 1 N–H and O–H groups in total. The monoisotopic (exact) mass is 382 g/mol. The molecule has 1 saturated heterocycles. The highest BCUT2D eigenvalue weighted by molar-refractivity contribution is 7.89. The predicted octanol–water partition coefficient (Wildman–Crippen LogP) is 2.32. The number of carbonyl (C=O) groups excluding carboxylic acids is 1. The number of hydrogen-bond donors (Lipinski definition) is 1. The maximum atomic E-state index is 13.0. The number of ether oxygens (including phenoxy) is 1. The number of benzene rings is 1. The SMILES string of the molecule is Cc1ccc(S(=O)(=O)N[C@H](CC(C)C)C(=O)N2C[C@@H](C)O[C@H](C)C2)cc1. The van der Waals surface area contributed by atoms with Crippen LogP contribution in [0.15, 0.2) is 29.2 Å². The summed E-state index contributed by atoms with van der Waals surface area (Å²) in [7, 11) is -3.76. The Kier molecular flexibility index (Phi) is 6.82. The second-order valence-corrected chi connectivity index (χ2v) is 9.33. The quantitative estimate of drug-likeness (QED) is 0.819. The Morgan fingerprint density at radius 3 is 2.23 bits per heavy atom. The van der Waals surface area contributed by atoms with E-state index in [0.717, 1.165) is 5.56 Å². The van der Waals surface area contributed by atoms with Crippen molar-refractivity contribution in [3.8, 4) is 0 Å². The van der Waals surface area contributed by atoms with Crippen molar-refractivity contribution in [1.29, 1.82) is 0 Å². The van der Waals surface area contributed by atoms with Crippen molar-refractivity contribution in [2.45, 2.75) is 64.2 Å². The molecule has 0 bridgehead atoms. The molecule has 0 spiro atoms. The lowest BCUT2D eigenvalue weighted by atomic mass is 10.0. The minimum Gasteiger partial charge on any atom is -0.372 e. The predicted molar refractivity (Wildman–Crippen MR) is 101 cm³/mol. The van der Waals surface area contributed by atoms with Crippen molar-refractivity contribution < 1.29 is 17.9 Å². The molecule has 2 rings (SSSR count). The van der Waals surface area contributed by atoms with Crippen LogP contribution < -0.4 is 4.72 Å². The van der Waals surface area contributed by atoms with E-state index < -0.39 is 16.1 Å². The number of amides is 1. The standard InChI is InChI=1S/C19H30N2O4S/c1-13(2)10-18(19(22)21-11-15(4)25-16(5)12-21)20-26(23,24)17-8-6-14(3)7-9-17/h6-9,13,15-16,18,20H,10-12H2,1-5H3/t15-,16-,18-/m1/s1. The Balaban J connectivity index is 2.21. The molecule has 1 aliphatic heterocycles. The minimum absolute atomic E-state index is 0.0592. The van der Waals surface area contributed by atoms with Crippen LogP contribution in [0.5, 0.6) is 0 Å². The van der Waals surface area contributed by atoms with E-state index in [-0.39, 0.29) is 28.9 Å². The molecule has 1 aromatic carbocycles. The molecule has 26 heavy (non-hydrogen) atoms. The zero-order valence-corrected chi connectivity index (χ0v) is 17.0. The topological polar surface area (TPSA) is 75.7 Å². The average Bonchev–Trinajstić information content (AvgIpc) is 2.52. The lowest BCUT2D eigenvalue weighted by molar-refractivity contribution is -0.145. The fourth-order valence-electron chi connectivity index (χ4n) is 3.22. The summed E-state index contributed by atoms with van der Waals surface area (Å²) < 4.78 is 33.8. The summed E-state index contributed by atoms with van der Waals surface area (Å²) in [5.41, 5.74) is 0.982. The molecule has 3 atom stereocenters. The Morgan fingerprint density at radius 1 is 1.19 bits per heavy atom. The number of morpholine rings is 1. The van der Waals surface area contributed by atoms with Gasteiger partial charge in [-0.15, -0.1) is 0 Å². The Labute approximate surface area is 157 Å². The maximum Gasteiger partial charge on any atom is 0.241 e. The van der Waals surface area contributed by atoms with Crippen LogP contribution in [0.4, 0.5) is 0 Å². The van der Waals surface area contributed by atoms with Crippen molar-refractivity contribution in [2.24, 2.45) is 5.92 Å². The third-order valence-electron chi connectivity index (χ3n) is 4.37. The van der Waals surface area contributed by atoms with Gasteiger partial charge in [-0.25, -0.2) is 8.42 Å². The Hall–Kier alpha value is -1.44. The van der Waals surface area contributed by atoms with Gasteiger partial charge < -0.3 is 9.64 Å². The molecule has 146 valence electrons. The fraction of sp³-hybridized carbons (Fsp3) is 0.632. The molecule has 0 aliphatic carbocycles. The molecule has 1 aromatic rings. The van der Waals surface area contributed by atoms with Crippen LogP contribution in [0.3, 0.4) is 0 Å². The van der Waals surface area contributed by atoms with Gasteiger partial charge in [0.1, 0.15) is 6.04 Å². The summed E-state index contributed by atoms with van der Waals surface area (Å²) in [6.07, 6.45) is 0.330. The molecule has 1 heterocycles. The summed E-state index contributed by atoms with van der Waals surface area (Å²) in [4.78, 5) is 14.9. The highest BCUT2D eigenvalue weighted by atomic mass is 32.2. The van der Waals surface area contributed by atoms with Gasteiger partial charge in [0.25, 0.3) is 0 Å². The van der Waals surface area contributed by atoms with E-state index >= 15 is 0 Å². The molecule has 1 aliphatic rings. The number of carbonyl (C=O) groups is 1. The molecule has 1 fully saturated rings. The maximum absolute atomic E-state index is 13.0. The van der Waals surface area contributed by atoms with Gasteiger partial charge >= 0.3 is 0 Å². The van der Waals surface area contributed by atoms with Gasteiger partial charge in [0.05, 0.1) is 17.1 Å². The number of nitrogens with zero attached hydrogens (tertiary/aromatic N) is 1. The smallest absolute Gasteiger partial charge is 0.241 e. The molecular weight excluding hydrogens is 352 g/mol. The first-order valence-electron chi connectivity index (χ1n) is 9.11. The van der Waals surface area contributed by atoms with E-state index in [0.29, 0.717) is 19.5 Å². The van der Waals surface area contributed by atoms with Crippen LogP contribution in [0.25, 0.3) is 0 Å². The molecule has 6 nitrogen and oxygen atoms in total. The first-order valence-corrected chi connectivity index (χ1v) is 10.6. The van der Waals surface area contributed by atoms with Crippen LogP contribution in [-0.2, 0) is 19.6 Å². The van der Waals surface area contributed by atoms with Crippen molar-refractivity contribution in [1.82, 2.24) is 9.62 Å². The summed E-state index contributed by atoms with van der Waals surface area (Å²) in [5, 5.41) is 0. The number of hydrogen-bond acceptors (Lipinski definition) is 4. The number of nitrogens with one attached hydrogen (secondary N) is 1. The van der Waals surface area contributed by atoms with Crippen LogP contribution in [0, 0.1) is 12.8 Å². The van der Waals surface area contributed by atoms with Crippen molar-refractivity contribution >= 4 is 15.9 Å². The second kappa shape index (κ2) is 8.50. The lowest BCUT2D eigenvalue weighted by Gasteiger charge is -2.37. The fourth-order valence-corrected chi connectivity index (χ4v) is 4.42. The first kappa shape index (κ1) is 20.9. The van der Waals surface area contributed by atoms with Gasteiger partial charge in [-0.05, 0) is 45.2 Å². The van der Waals surface area contributed by atoms with E-state index in [9.17, 15) is 13.2 Å². The lowest BCUT2D eigenvalue weighted by Crippen LogP contribution is -2.55. The average molecular weight is 383 g/mol. The van der Waals surface area contributed by atoms with Gasteiger partial charge in [-0.2, -0.15) is 4.72 Å². The molecule has 0 saturated carbocycles. The summed E-state index contributed by atoms with van der Waals surface area (Å²) in [6, 6.07) is 5.85. The zero-order valence-electron chi connectivity index (χ0n) is 16.2. The van der Waals surface area contributed by atoms with Crippen LogP contribution in [-0.4, -0.2) is 50.6 Å². The van der Waals surface area contributed by atoms with Crippen LogP contribution >= 0.6 is 0 Å². The number of rotatable bonds is 6. The first-order chi connectivity index (χ1) is 12.1. The molecule has 0 aromatic heterocycles. The number of aryl methyl sites for hydroxylation is 1. The Morgan fingerprint density at radius 2 is 1.73 bits per heavy atom. The van der Waals surface area contributed by atoms with Crippen molar-refractivity contribution in [3.05, 3.63) is 29.8 Å². The summed E-state index contributed by atoms with van der Waals surface area (Å²) >= 11 is 0.